The molecule has 0 bridgehead atoms. The number of nitrogens with two attached hydrogens (primary N) is 1. The Bertz CT molecular complexity index is 552. The van der Waals surface area contributed by atoms with Crippen LogP contribution in [0, 0.1) is 11.6 Å². The number of anilines is 1. The first-order chi connectivity index (χ1) is 8.88. The van der Waals surface area contributed by atoms with Crippen LogP contribution in [-0.4, -0.2) is 29.9 Å². The fraction of sp³-hybridized carbons (Fsp3) is 0.182. The first-order valence-corrected chi connectivity index (χ1v) is 5.66. The number of hydrogen-bond acceptors (Lipinski definition) is 4. The van der Waals surface area contributed by atoms with Crippen molar-refractivity contribution >= 4 is 34.7 Å². The first kappa shape index (κ1) is 13.3. The zero-order valence-electron chi connectivity index (χ0n) is 9.57. The molecule has 0 aliphatic carbocycles. The Hall–Kier alpha value is -2.09. The van der Waals surface area contributed by atoms with Gasteiger partial charge in [-0.1, -0.05) is 12.2 Å². The van der Waals surface area contributed by atoms with E-state index in [4.69, 9.17) is 5.73 Å². The van der Waals surface area contributed by atoms with Crippen LogP contribution in [0.3, 0.4) is 0 Å². The lowest BCUT2D eigenvalue weighted by molar-refractivity contribution is -0.130. The maximum absolute atomic E-state index is 13.9. The Morgan fingerprint density at radius 2 is 1.68 bits per heavy atom. The number of thiocarbonyl (C=S) groups is 1. The van der Waals surface area contributed by atoms with E-state index in [1.165, 1.54) is 0 Å². The summed E-state index contributed by atoms with van der Waals surface area (Å²) in [6.07, 6.45) is 0. The minimum absolute atomic E-state index is 0.0431. The van der Waals surface area contributed by atoms with Gasteiger partial charge in [0.2, 0.25) is 11.8 Å². The van der Waals surface area contributed by atoms with Gasteiger partial charge in [0.05, 0.1) is 13.1 Å². The van der Waals surface area contributed by atoms with Crippen LogP contribution >= 0.6 is 12.2 Å². The summed E-state index contributed by atoms with van der Waals surface area (Å²) < 4.78 is 27.7. The quantitative estimate of drug-likeness (QED) is 0.594. The maximum Gasteiger partial charge on any atom is 0.246 e. The van der Waals surface area contributed by atoms with E-state index < -0.39 is 29.1 Å². The molecule has 1 heterocycles. The van der Waals surface area contributed by atoms with E-state index in [0.717, 1.165) is 17.0 Å². The summed E-state index contributed by atoms with van der Waals surface area (Å²) >= 11 is 4.63. The third-order valence-corrected chi connectivity index (χ3v) is 2.80. The van der Waals surface area contributed by atoms with Gasteiger partial charge in [-0.15, -0.1) is 0 Å². The molecule has 1 aromatic carbocycles. The van der Waals surface area contributed by atoms with Gasteiger partial charge in [0.25, 0.3) is 0 Å². The fourth-order valence-corrected chi connectivity index (χ4v) is 1.92. The van der Waals surface area contributed by atoms with Crippen molar-refractivity contribution in [1.29, 1.82) is 0 Å². The van der Waals surface area contributed by atoms with Crippen molar-refractivity contribution in [3.8, 4) is 0 Å². The van der Waals surface area contributed by atoms with Gasteiger partial charge in [-0.05, 0) is 12.1 Å². The number of rotatable bonds is 2. The highest BCUT2D eigenvalue weighted by Gasteiger charge is 2.27. The number of piperazine rings is 1. The minimum atomic E-state index is -0.926. The van der Waals surface area contributed by atoms with Crippen molar-refractivity contribution in [2.75, 3.05) is 18.0 Å². The molecule has 0 spiro atoms. The van der Waals surface area contributed by atoms with E-state index in [1.54, 1.807) is 0 Å². The van der Waals surface area contributed by atoms with E-state index in [-0.39, 0.29) is 23.6 Å². The molecule has 5 nitrogen and oxygen atoms in total. The number of halogens is 2. The molecule has 100 valence electrons. The van der Waals surface area contributed by atoms with Crippen LogP contribution in [0.5, 0.6) is 0 Å². The standard InChI is InChI=1S/C11H9F2N3O2S/c12-6-1-5(11(14)19)2-7(13)10(6)16-3-8(17)15-9(18)4-16/h1-2H,3-4H2,(H2,14,19)(H,15,17,18). The van der Waals surface area contributed by atoms with Gasteiger partial charge in [-0.25, -0.2) is 8.78 Å². The lowest BCUT2D eigenvalue weighted by atomic mass is 10.1. The number of carbonyl (C=O) groups is 2. The number of hydrogen-bond donors (Lipinski definition) is 2. The molecule has 1 aromatic rings. The molecule has 3 N–H and O–H groups in total. The Morgan fingerprint density at radius 1 is 1.21 bits per heavy atom. The predicted molar refractivity (Wildman–Crippen MR) is 67.6 cm³/mol. The number of carbonyl (C=O) groups excluding carboxylic acids is 2. The average Bonchev–Trinajstić information content (AvgIpc) is 2.26. The molecule has 1 fully saturated rings. The molecule has 2 rings (SSSR count). The lowest BCUT2D eigenvalue weighted by Crippen LogP contribution is -2.52. The topological polar surface area (TPSA) is 75.4 Å². The second-order valence-corrected chi connectivity index (χ2v) is 4.42. The van der Waals surface area contributed by atoms with E-state index >= 15 is 0 Å². The predicted octanol–water partition coefficient (Wildman–Crippen LogP) is 0.0618. The molecule has 2 amide bonds. The third kappa shape index (κ3) is 2.68. The third-order valence-electron chi connectivity index (χ3n) is 2.57. The van der Waals surface area contributed by atoms with Gasteiger partial charge in [0, 0.05) is 5.56 Å². The van der Waals surface area contributed by atoms with Gasteiger partial charge in [0.15, 0.2) is 0 Å². The Labute approximate surface area is 112 Å². The van der Waals surface area contributed by atoms with Crippen molar-refractivity contribution < 1.29 is 18.4 Å². The highest BCUT2D eigenvalue weighted by atomic mass is 32.1. The van der Waals surface area contributed by atoms with Crippen LogP contribution in [0.15, 0.2) is 12.1 Å². The Kier molecular flexibility index (Phi) is 3.43. The molecule has 0 radical (unpaired) electrons. The van der Waals surface area contributed by atoms with Gasteiger partial charge < -0.3 is 10.6 Å². The summed E-state index contributed by atoms with van der Waals surface area (Å²) in [6.45, 7) is -0.599. The number of amides is 2. The van der Waals surface area contributed by atoms with Crippen molar-refractivity contribution in [3.63, 3.8) is 0 Å². The van der Waals surface area contributed by atoms with Gasteiger partial charge >= 0.3 is 0 Å². The highest BCUT2D eigenvalue weighted by Crippen LogP contribution is 2.25. The van der Waals surface area contributed by atoms with Crippen LogP contribution in [0.1, 0.15) is 5.56 Å². The Balaban J connectivity index is 2.42. The lowest BCUT2D eigenvalue weighted by Gasteiger charge is -2.28. The van der Waals surface area contributed by atoms with Gasteiger partial charge in [-0.2, -0.15) is 0 Å². The highest BCUT2D eigenvalue weighted by molar-refractivity contribution is 7.80. The molecule has 1 aliphatic rings. The summed E-state index contributed by atoms with van der Waals surface area (Å²) in [7, 11) is 0. The summed E-state index contributed by atoms with van der Waals surface area (Å²) in [4.78, 5) is 23.3. The van der Waals surface area contributed by atoms with E-state index in [2.05, 4.69) is 12.2 Å². The SMILES string of the molecule is NC(=S)c1cc(F)c(N2CC(=O)NC(=O)C2)c(F)c1. The molecular weight excluding hydrogens is 276 g/mol. The van der Waals surface area contributed by atoms with E-state index in [0.29, 0.717) is 0 Å². The van der Waals surface area contributed by atoms with Crippen molar-refractivity contribution in [1.82, 2.24) is 5.32 Å². The molecule has 0 aromatic heterocycles. The number of benzene rings is 1. The largest absolute Gasteiger partial charge is 0.389 e. The summed E-state index contributed by atoms with van der Waals surface area (Å²) in [5, 5.41) is 2.04. The van der Waals surface area contributed by atoms with E-state index in [9.17, 15) is 18.4 Å². The van der Waals surface area contributed by atoms with Crippen LogP contribution in [0.25, 0.3) is 0 Å². The van der Waals surface area contributed by atoms with Crippen LogP contribution in [0.4, 0.5) is 14.5 Å². The van der Waals surface area contributed by atoms with Crippen LogP contribution < -0.4 is 16.0 Å². The van der Waals surface area contributed by atoms with Gasteiger partial charge in [-0.3, -0.25) is 14.9 Å². The molecular formula is C11H9F2N3O2S. The number of nitrogens with zero attached hydrogens (tertiary/aromatic N) is 1. The molecule has 1 saturated heterocycles. The summed E-state index contributed by atoms with van der Waals surface area (Å²) in [5.74, 6) is -3.09. The molecule has 19 heavy (non-hydrogen) atoms. The molecule has 0 unspecified atom stereocenters. The van der Waals surface area contributed by atoms with Crippen LogP contribution in [0.2, 0.25) is 0 Å². The molecule has 0 saturated carbocycles. The molecule has 0 atom stereocenters. The number of nitrogens with one attached hydrogen (secondary N) is 1. The fourth-order valence-electron chi connectivity index (χ4n) is 1.81. The number of imide groups is 1. The summed E-state index contributed by atoms with van der Waals surface area (Å²) in [5.41, 5.74) is 4.89. The second-order valence-electron chi connectivity index (χ2n) is 3.98. The zero-order chi connectivity index (χ0) is 14.2. The average molecular weight is 285 g/mol. The minimum Gasteiger partial charge on any atom is -0.389 e. The Morgan fingerprint density at radius 3 is 2.11 bits per heavy atom. The maximum atomic E-state index is 13.9. The van der Waals surface area contributed by atoms with E-state index in [1.807, 2.05) is 5.32 Å². The summed E-state index contributed by atoms with van der Waals surface area (Å²) in [6, 6.07) is 1.94. The zero-order valence-corrected chi connectivity index (χ0v) is 10.4. The second kappa shape index (κ2) is 4.88. The normalized spacial score (nSPS) is 15.4. The van der Waals surface area contributed by atoms with Crippen molar-refractivity contribution in [2.24, 2.45) is 5.73 Å². The monoisotopic (exact) mass is 285 g/mol. The van der Waals surface area contributed by atoms with Crippen molar-refractivity contribution in [3.05, 3.63) is 29.3 Å². The van der Waals surface area contributed by atoms with Gasteiger partial charge in [0.1, 0.15) is 22.3 Å². The van der Waals surface area contributed by atoms with Crippen molar-refractivity contribution in [2.45, 2.75) is 0 Å². The molecule has 8 heteroatoms. The smallest absolute Gasteiger partial charge is 0.246 e. The first-order valence-electron chi connectivity index (χ1n) is 5.25. The van der Waals surface area contributed by atoms with Crippen LogP contribution in [-0.2, 0) is 9.59 Å². The molecule has 1 aliphatic heterocycles.